The predicted octanol–water partition coefficient (Wildman–Crippen LogP) is 3.69. The molecule has 2 amide bonds. The molecular formula is C23H27FN6O2S. The maximum absolute atomic E-state index is 13.6. The van der Waals surface area contributed by atoms with E-state index in [4.69, 9.17) is 0 Å². The smallest absolute Gasteiger partial charge is 0.274 e. The minimum atomic E-state index is -0.480. The number of likely N-dealkylation sites (tertiary alicyclic amines) is 1. The lowest BCUT2D eigenvalue weighted by atomic mass is 9.94. The quantitative estimate of drug-likeness (QED) is 0.590. The number of pyridine rings is 1. The van der Waals surface area contributed by atoms with Crippen molar-refractivity contribution < 1.29 is 14.0 Å². The van der Waals surface area contributed by atoms with Crippen LogP contribution in [0.25, 0.3) is 10.2 Å². The number of nitrogens with one attached hydrogen (secondary N) is 2. The first-order valence-corrected chi connectivity index (χ1v) is 11.6. The molecule has 0 aliphatic carbocycles. The molecule has 0 aromatic carbocycles. The zero-order chi connectivity index (χ0) is 23.9. The van der Waals surface area contributed by atoms with Crippen molar-refractivity contribution in [2.45, 2.75) is 46.7 Å². The number of aryl methyl sites for hydroxylation is 1. The summed E-state index contributed by atoms with van der Waals surface area (Å²) in [6.45, 7) is 10.2. The molecule has 2 N–H and O–H groups in total. The molecule has 1 aliphatic rings. The van der Waals surface area contributed by atoms with Crippen LogP contribution in [-0.2, 0) is 4.79 Å². The van der Waals surface area contributed by atoms with Crippen LogP contribution in [0.5, 0.6) is 0 Å². The first-order chi connectivity index (χ1) is 15.5. The molecule has 3 aromatic rings. The number of rotatable bonds is 5. The van der Waals surface area contributed by atoms with Gasteiger partial charge in [-0.1, -0.05) is 20.8 Å². The minimum Gasteiger partial charge on any atom is -0.349 e. The van der Waals surface area contributed by atoms with Gasteiger partial charge in [0.25, 0.3) is 5.91 Å². The Bertz CT molecular complexity index is 1220. The van der Waals surface area contributed by atoms with E-state index in [2.05, 4.69) is 25.6 Å². The number of thiophene rings is 1. The van der Waals surface area contributed by atoms with E-state index in [0.29, 0.717) is 35.8 Å². The summed E-state index contributed by atoms with van der Waals surface area (Å²) in [5, 5.41) is 8.09. The van der Waals surface area contributed by atoms with Crippen molar-refractivity contribution in [3.05, 3.63) is 46.5 Å². The largest absolute Gasteiger partial charge is 0.349 e. The molecule has 0 bridgehead atoms. The van der Waals surface area contributed by atoms with Crippen LogP contribution in [0, 0.1) is 18.2 Å². The van der Waals surface area contributed by atoms with Crippen LogP contribution >= 0.6 is 11.3 Å². The zero-order valence-electron chi connectivity index (χ0n) is 19.3. The van der Waals surface area contributed by atoms with Gasteiger partial charge in [0.2, 0.25) is 11.9 Å². The SMILES string of the molecule is Cc1csc2c(C(=O)N3CC(NC(=O)C(C)(C)C)C3)nc(N[C@@H](C)c3cncc(F)c3)nc12. The molecule has 4 rings (SSSR count). The van der Waals surface area contributed by atoms with Gasteiger partial charge in [-0.2, -0.15) is 0 Å². The number of carbonyl (C=O) groups is 2. The Morgan fingerprint density at radius 2 is 1.97 bits per heavy atom. The van der Waals surface area contributed by atoms with Crippen molar-refractivity contribution >= 4 is 39.3 Å². The van der Waals surface area contributed by atoms with Gasteiger partial charge in [-0.15, -0.1) is 11.3 Å². The number of hydrogen-bond donors (Lipinski definition) is 2. The number of nitrogens with zero attached hydrogens (tertiary/aromatic N) is 4. The second-order valence-corrected chi connectivity index (χ2v) is 10.3. The fourth-order valence-corrected chi connectivity index (χ4v) is 4.44. The van der Waals surface area contributed by atoms with Gasteiger partial charge in [0.05, 0.1) is 28.5 Å². The van der Waals surface area contributed by atoms with Gasteiger partial charge in [0, 0.05) is 24.7 Å². The highest BCUT2D eigenvalue weighted by Crippen LogP contribution is 2.30. The molecule has 0 radical (unpaired) electrons. The average molecular weight is 471 g/mol. The first-order valence-electron chi connectivity index (χ1n) is 10.8. The van der Waals surface area contributed by atoms with Crippen LogP contribution < -0.4 is 10.6 Å². The van der Waals surface area contributed by atoms with Gasteiger partial charge in [-0.25, -0.2) is 14.4 Å². The Kier molecular flexibility index (Phi) is 6.04. The van der Waals surface area contributed by atoms with Crippen molar-refractivity contribution in [1.29, 1.82) is 0 Å². The van der Waals surface area contributed by atoms with Crippen molar-refractivity contribution in [2.75, 3.05) is 18.4 Å². The fourth-order valence-electron chi connectivity index (χ4n) is 3.47. The Balaban J connectivity index is 1.54. The zero-order valence-corrected chi connectivity index (χ0v) is 20.1. The number of halogens is 1. The standard InChI is InChI=1S/C23H27FN6O2S/c1-12-11-33-19-17(12)28-22(26-13(2)14-6-15(24)8-25-7-14)29-18(19)20(31)30-9-16(10-30)27-21(32)23(3,4)5/h6-8,11,13,16H,9-10H2,1-5H3,(H,27,32)(H,26,28,29)/t13-/m0/s1. The van der Waals surface area contributed by atoms with E-state index < -0.39 is 11.2 Å². The van der Waals surface area contributed by atoms with Crippen molar-refractivity contribution in [1.82, 2.24) is 25.2 Å². The van der Waals surface area contributed by atoms with E-state index in [0.717, 1.165) is 16.5 Å². The van der Waals surface area contributed by atoms with Gasteiger partial charge in [-0.3, -0.25) is 14.6 Å². The Morgan fingerprint density at radius 1 is 1.24 bits per heavy atom. The summed E-state index contributed by atoms with van der Waals surface area (Å²) in [6, 6.07) is 1.02. The minimum absolute atomic E-state index is 0.0368. The van der Waals surface area contributed by atoms with E-state index in [-0.39, 0.29) is 23.9 Å². The van der Waals surface area contributed by atoms with Gasteiger partial charge in [0.1, 0.15) is 5.82 Å². The fraction of sp³-hybridized carbons (Fsp3) is 0.435. The molecule has 0 saturated carbocycles. The summed E-state index contributed by atoms with van der Waals surface area (Å²) in [5.74, 6) is -0.367. The molecule has 1 atom stereocenters. The molecule has 4 heterocycles. The highest BCUT2D eigenvalue weighted by Gasteiger charge is 2.36. The Hall–Kier alpha value is -3.14. The molecule has 1 fully saturated rings. The summed E-state index contributed by atoms with van der Waals surface area (Å²) >= 11 is 1.43. The van der Waals surface area contributed by atoms with Gasteiger partial charge in [0.15, 0.2) is 5.69 Å². The normalized spacial score (nSPS) is 15.3. The number of amides is 2. The van der Waals surface area contributed by atoms with Gasteiger partial charge < -0.3 is 15.5 Å². The Labute approximate surface area is 195 Å². The van der Waals surface area contributed by atoms with Crippen LogP contribution in [0.1, 0.15) is 55.4 Å². The molecule has 1 aliphatic heterocycles. The predicted molar refractivity (Wildman–Crippen MR) is 126 cm³/mol. The third-order valence-electron chi connectivity index (χ3n) is 5.55. The van der Waals surface area contributed by atoms with Crippen molar-refractivity contribution in [3.63, 3.8) is 0 Å². The first kappa shape index (κ1) is 23.0. The molecular weight excluding hydrogens is 443 g/mol. The molecule has 1 saturated heterocycles. The van der Waals surface area contributed by atoms with Crippen molar-refractivity contribution in [2.24, 2.45) is 5.41 Å². The average Bonchev–Trinajstić information content (AvgIpc) is 3.09. The van der Waals surface area contributed by atoms with Crippen LogP contribution in [-0.4, -0.2) is 50.8 Å². The second-order valence-electron chi connectivity index (χ2n) is 9.43. The van der Waals surface area contributed by atoms with E-state index in [9.17, 15) is 14.0 Å². The number of anilines is 1. The van der Waals surface area contributed by atoms with E-state index in [1.807, 2.05) is 40.0 Å². The highest BCUT2D eigenvalue weighted by atomic mass is 32.1. The summed E-state index contributed by atoms with van der Waals surface area (Å²) in [7, 11) is 0. The summed E-state index contributed by atoms with van der Waals surface area (Å²) < 4.78 is 14.3. The molecule has 10 heteroatoms. The summed E-state index contributed by atoms with van der Waals surface area (Å²) in [6.07, 6.45) is 2.72. The van der Waals surface area contributed by atoms with E-state index in [1.165, 1.54) is 17.4 Å². The summed E-state index contributed by atoms with van der Waals surface area (Å²) in [4.78, 5) is 40.2. The summed E-state index contributed by atoms with van der Waals surface area (Å²) in [5.41, 5.74) is 2.16. The molecule has 3 aromatic heterocycles. The molecule has 0 spiro atoms. The third-order valence-corrected chi connectivity index (χ3v) is 6.65. The monoisotopic (exact) mass is 470 g/mol. The van der Waals surface area contributed by atoms with Gasteiger partial charge >= 0.3 is 0 Å². The number of fused-ring (bicyclic) bond motifs is 1. The lowest BCUT2D eigenvalue weighted by Crippen LogP contribution is -2.62. The lowest BCUT2D eigenvalue weighted by Gasteiger charge is -2.40. The van der Waals surface area contributed by atoms with Crippen LogP contribution in [0.15, 0.2) is 23.8 Å². The number of hydrogen-bond acceptors (Lipinski definition) is 7. The maximum Gasteiger partial charge on any atom is 0.274 e. The van der Waals surface area contributed by atoms with Crippen molar-refractivity contribution in [3.8, 4) is 0 Å². The highest BCUT2D eigenvalue weighted by molar-refractivity contribution is 7.17. The third kappa shape index (κ3) is 4.80. The van der Waals surface area contributed by atoms with Gasteiger partial charge in [-0.05, 0) is 36.4 Å². The molecule has 174 valence electrons. The molecule has 8 nitrogen and oxygen atoms in total. The van der Waals surface area contributed by atoms with Crippen LogP contribution in [0.4, 0.5) is 10.3 Å². The Morgan fingerprint density at radius 3 is 2.64 bits per heavy atom. The van der Waals surface area contributed by atoms with Crippen LogP contribution in [0.3, 0.4) is 0 Å². The molecule has 33 heavy (non-hydrogen) atoms. The lowest BCUT2D eigenvalue weighted by molar-refractivity contribution is -0.130. The number of carbonyl (C=O) groups excluding carboxylic acids is 2. The van der Waals surface area contributed by atoms with E-state index >= 15 is 0 Å². The van der Waals surface area contributed by atoms with Crippen LogP contribution in [0.2, 0.25) is 0 Å². The topological polar surface area (TPSA) is 100 Å². The maximum atomic E-state index is 13.6. The molecule has 0 unspecified atom stereocenters. The second kappa shape index (κ2) is 8.66. The van der Waals surface area contributed by atoms with E-state index in [1.54, 1.807) is 11.1 Å². The number of aromatic nitrogens is 3.